The van der Waals surface area contributed by atoms with E-state index in [1.165, 1.54) is 22.1 Å². The lowest BCUT2D eigenvalue weighted by molar-refractivity contribution is 1.33. The molecule has 3 nitrogen and oxygen atoms in total. The zero-order valence-electron chi connectivity index (χ0n) is 11.1. The molecule has 0 bridgehead atoms. The summed E-state index contributed by atoms with van der Waals surface area (Å²) in [6, 6.07) is 12.5. The molecule has 4 aromatic rings. The highest BCUT2D eigenvalue weighted by molar-refractivity contribution is 5.96. The topological polar surface area (TPSA) is 41.6 Å². The van der Waals surface area contributed by atoms with Crippen molar-refractivity contribution in [3.8, 4) is 11.1 Å². The van der Waals surface area contributed by atoms with E-state index in [9.17, 15) is 0 Å². The van der Waals surface area contributed by atoms with Crippen LogP contribution in [0.15, 0.2) is 55.0 Å². The molecule has 0 spiro atoms. The van der Waals surface area contributed by atoms with E-state index < -0.39 is 0 Å². The molecule has 0 unspecified atom stereocenters. The zero-order valence-corrected chi connectivity index (χ0v) is 11.1. The predicted octanol–water partition coefficient (Wildman–Crippen LogP) is 4.09. The minimum absolute atomic E-state index is 0.923. The van der Waals surface area contributed by atoms with E-state index in [0.29, 0.717) is 0 Å². The number of aryl methyl sites for hydroxylation is 1. The van der Waals surface area contributed by atoms with Gasteiger partial charge >= 0.3 is 0 Å². The fraction of sp³-hybridized carbons (Fsp3) is 0.0588. The first kappa shape index (κ1) is 11.2. The normalized spacial score (nSPS) is 11.2. The molecule has 0 saturated heterocycles. The Morgan fingerprint density at radius 2 is 1.85 bits per heavy atom. The summed E-state index contributed by atoms with van der Waals surface area (Å²) < 4.78 is 0. The van der Waals surface area contributed by atoms with Gasteiger partial charge in [-0.05, 0) is 48.4 Å². The van der Waals surface area contributed by atoms with Crippen LogP contribution in [0.1, 0.15) is 5.56 Å². The smallest absolute Gasteiger partial charge is 0.137 e. The first-order chi connectivity index (χ1) is 9.83. The van der Waals surface area contributed by atoms with Crippen LogP contribution in [0.3, 0.4) is 0 Å². The van der Waals surface area contributed by atoms with Gasteiger partial charge in [0.25, 0.3) is 0 Å². The molecule has 0 fully saturated rings. The number of nitrogens with zero attached hydrogens (tertiary/aromatic N) is 2. The second-order valence-electron chi connectivity index (χ2n) is 4.97. The molecule has 3 heteroatoms. The van der Waals surface area contributed by atoms with Crippen LogP contribution in [0.5, 0.6) is 0 Å². The molecule has 0 aliphatic rings. The largest absolute Gasteiger partial charge is 0.346 e. The van der Waals surface area contributed by atoms with Gasteiger partial charge in [0, 0.05) is 34.9 Å². The van der Waals surface area contributed by atoms with Crippen molar-refractivity contribution < 1.29 is 0 Å². The van der Waals surface area contributed by atoms with Crippen molar-refractivity contribution in [1.29, 1.82) is 0 Å². The number of aromatic nitrogens is 3. The first-order valence-corrected chi connectivity index (χ1v) is 6.61. The molecule has 3 aromatic heterocycles. The number of pyridine rings is 2. The van der Waals surface area contributed by atoms with Gasteiger partial charge in [0.05, 0.1) is 5.52 Å². The maximum absolute atomic E-state index is 4.45. The summed E-state index contributed by atoms with van der Waals surface area (Å²) in [7, 11) is 0. The highest BCUT2D eigenvalue weighted by Gasteiger charge is 2.08. The van der Waals surface area contributed by atoms with E-state index in [0.717, 1.165) is 16.6 Å². The van der Waals surface area contributed by atoms with Gasteiger partial charge < -0.3 is 4.98 Å². The molecule has 0 radical (unpaired) electrons. The van der Waals surface area contributed by atoms with Crippen LogP contribution in [-0.4, -0.2) is 15.0 Å². The maximum Gasteiger partial charge on any atom is 0.137 e. The molecular weight excluding hydrogens is 246 g/mol. The number of benzene rings is 1. The second kappa shape index (κ2) is 4.17. The third-order valence-corrected chi connectivity index (χ3v) is 3.66. The molecule has 4 rings (SSSR count). The summed E-state index contributed by atoms with van der Waals surface area (Å²) in [6.07, 6.45) is 5.66. The van der Waals surface area contributed by atoms with Crippen LogP contribution in [0.4, 0.5) is 0 Å². The molecule has 0 amide bonds. The van der Waals surface area contributed by atoms with Gasteiger partial charge in [-0.2, -0.15) is 0 Å². The number of rotatable bonds is 1. The Kier molecular flexibility index (Phi) is 2.33. The van der Waals surface area contributed by atoms with E-state index in [-0.39, 0.29) is 0 Å². The number of hydrogen-bond acceptors (Lipinski definition) is 2. The minimum Gasteiger partial charge on any atom is -0.346 e. The van der Waals surface area contributed by atoms with Gasteiger partial charge in [-0.1, -0.05) is 6.07 Å². The molecule has 0 saturated carbocycles. The summed E-state index contributed by atoms with van der Waals surface area (Å²) in [4.78, 5) is 12.0. The number of aromatic amines is 1. The average molecular weight is 259 g/mol. The van der Waals surface area contributed by atoms with Crippen molar-refractivity contribution in [1.82, 2.24) is 15.0 Å². The third-order valence-electron chi connectivity index (χ3n) is 3.66. The van der Waals surface area contributed by atoms with Crippen molar-refractivity contribution in [2.24, 2.45) is 0 Å². The van der Waals surface area contributed by atoms with Crippen molar-refractivity contribution >= 4 is 21.9 Å². The summed E-state index contributed by atoms with van der Waals surface area (Å²) in [5.74, 6) is 0. The Morgan fingerprint density at radius 3 is 2.80 bits per heavy atom. The Balaban J connectivity index is 2.03. The summed E-state index contributed by atoms with van der Waals surface area (Å²) in [5.41, 5.74) is 5.56. The fourth-order valence-corrected chi connectivity index (χ4v) is 2.72. The van der Waals surface area contributed by atoms with Gasteiger partial charge in [-0.25, -0.2) is 4.98 Å². The maximum atomic E-state index is 4.45. The molecule has 0 aliphatic heterocycles. The molecule has 0 atom stereocenters. The van der Waals surface area contributed by atoms with Gasteiger partial charge in [-0.3, -0.25) is 4.98 Å². The van der Waals surface area contributed by atoms with Gasteiger partial charge in [-0.15, -0.1) is 0 Å². The van der Waals surface area contributed by atoms with E-state index in [1.807, 2.05) is 24.5 Å². The van der Waals surface area contributed by atoms with Gasteiger partial charge in [0.15, 0.2) is 0 Å². The lowest BCUT2D eigenvalue weighted by Gasteiger charge is -2.05. The van der Waals surface area contributed by atoms with Crippen LogP contribution in [0.2, 0.25) is 0 Å². The van der Waals surface area contributed by atoms with Gasteiger partial charge in [0.2, 0.25) is 0 Å². The SMILES string of the molecule is Cc1cc(-c2c[nH]c3ncccc23)cc2cccnc12. The molecule has 20 heavy (non-hydrogen) atoms. The number of H-pyrrole nitrogens is 1. The van der Waals surface area contributed by atoms with E-state index in [2.05, 4.69) is 46.1 Å². The van der Waals surface area contributed by atoms with E-state index in [4.69, 9.17) is 0 Å². The van der Waals surface area contributed by atoms with Crippen LogP contribution in [0.25, 0.3) is 33.1 Å². The summed E-state index contributed by atoms with van der Waals surface area (Å²) in [6.45, 7) is 2.10. The molecule has 1 aromatic carbocycles. The lowest BCUT2D eigenvalue weighted by Crippen LogP contribution is -1.85. The first-order valence-electron chi connectivity index (χ1n) is 6.61. The molecule has 3 heterocycles. The van der Waals surface area contributed by atoms with E-state index >= 15 is 0 Å². The average Bonchev–Trinajstić information content (AvgIpc) is 2.91. The Morgan fingerprint density at radius 1 is 1.00 bits per heavy atom. The quantitative estimate of drug-likeness (QED) is 0.559. The van der Waals surface area contributed by atoms with Gasteiger partial charge in [0.1, 0.15) is 5.65 Å². The third kappa shape index (κ3) is 1.60. The molecular formula is C17H13N3. The minimum atomic E-state index is 0.923. The predicted molar refractivity (Wildman–Crippen MR) is 81.6 cm³/mol. The molecule has 1 N–H and O–H groups in total. The fourth-order valence-electron chi connectivity index (χ4n) is 2.72. The summed E-state index contributed by atoms with van der Waals surface area (Å²) >= 11 is 0. The highest BCUT2D eigenvalue weighted by atomic mass is 14.8. The van der Waals surface area contributed by atoms with Crippen LogP contribution < -0.4 is 0 Å². The molecule has 96 valence electrons. The Bertz CT molecular complexity index is 922. The van der Waals surface area contributed by atoms with Crippen molar-refractivity contribution in [2.75, 3.05) is 0 Å². The highest BCUT2D eigenvalue weighted by Crippen LogP contribution is 2.31. The lowest BCUT2D eigenvalue weighted by atomic mass is 10.0. The Labute approximate surface area is 116 Å². The van der Waals surface area contributed by atoms with Crippen LogP contribution in [-0.2, 0) is 0 Å². The van der Waals surface area contributed by atoms with Crippen molar-refractivity contribution in [3.63, 3.8) is 0 Å². The van der Waals surface area contributed by atoms with Crippen molar-refractivity contribution in [2.45, 2.75) is 6.92 Å². The molecule has 0 aliphatic carbocycles. The van der Waals surface area contributed by atoms with Crippen LogP contribution >= 0.6 is 0 Å². The number of nitrogens with one attached hydrogen (secondary N) is 1. The number of fused-ring (bicyclic) bond motifs is 2. The van der Waals surface area contributed by atoms with Crippen molar-refractivity contribution in [3.05, 3.63) is 60.6 Å². The van der Waals surface area contributed by atoms with E-state index in [1.54, 1.807) is 6.20 Å². The monoisotopic (exact) mass is 259 g/mol. The zero-order chi connectivity index (χ0) is 13.5. The Hall–Kier alpha value is -2.68. The van der Waals surface area contributed by atoms with Crippen LogP contribution in [0, 0.1) is 6.92 Å². The second-order valence-corrected chi connectivity index (χ2v) is 4.97. The number of hydrogen-bond donors (Lipinski definition) is 1. The summed E-state index contributed by atoms with van der Waals surface area (Å²) in [5, 5.41) is 2.32. The standard InChI is InChI=1S/C17H13N3/c1-11-8-13(9-12-4-2-6-18-16(11)12)15-10-20-17-14(15)5-3-7-19-17/h2-10H,1H3,(H,19,20).